The first-order valence-corrected chi connectivity index (χ1v) is 11.1. The standard InChI is InChI=1S/C26H26ClN3/c1-18(20-8-5-11-28-14-20)30-17-25(24-10-9-23(27)13-26(24)30)22-12-21(15-29-16-22)19-6-3-2-4-7-19/h2-4,6-7,9-10,12-13,15-18,20,28H,5,8,11,14H2,1H3. The smallest absolute Gasteiger partial charge is 0.0504 e. The molecule has 1 fully saturated rings. The van der Waals surface area contributed by atoms with Crippen LogP contribution in [0.4, 0.5) is 0 Å². The predicted molar refractivity (Wildman–Crippen MR) is 126 cm³/mol. The van der Waals surface area contributed by atoms with Gasteiger partial charge in [0, 0.05) is 51.7 Å². The minimum Gasteiger partial charge on any atom is -0.344 e. The molecule has 0 spiro atoms. The Morgan fingerprint density at radius 2 is 1.87 bits per heavy atom. The molecule has 0 radical (unpaired) electrons. The van der Waals surface area contributed by atoms with E-state index in [9.17, 15) is 0 Å². The summed E-state index contributed by atoms with van der Waals surface area (Å²) in [5, 5.41) is 5.56. The second-order valence-corrected chi connectivity index (χ2v) is 8.72. The second-order valence-electron chi connectivity index (χ2n) is 8.29. The predicted octanol–water partition coefficient (Wildman–Crippen LogP) is 6.58. The lowest BCUT2D eigenvalue weighted by molar-refractivity contribution is 0.284. The van der Waals surface area contributed by atoms with E-state index in [1.165, 1.54) is 34.9 Å². The molecule has 2 unspecified atom stereocenters. The fraction of sp³-hybridized carbons (Fsp3) is 0.269. The Bertz CT molecular complexity index is 1160. The molecule has 1 aliphatic rings. The average Bonchev–Trinajstić information content (AvgIpc) is 3.18. The van der Waals surface area contributed by atoms with Crippen LogP contribution in [0.2, 0.25) is 5.02 Å². The number of hydrogen-bond acceptors (Lipinski definition) is 2. The van der Waals surface area contributed by atoms with E-state index in [0.717, 1.165) is 29.2 Å². The number of nitrogens with one attached hydrogen (secondary N) is 1. The lowest BCUT2D eigenvalue weighted by Crippen LogP contribution is -2.34. The first kappa shape index (κ1) is 19.3. The molecule has 0 bridgehead atoms. The summed E-state index contributed by atoms with van der Waals surface area (Å²) in [6, 6.07) is 19.3. The van der Waals surface area contributed by atoms with Gasteiger partial charge in [-0.25, -0.2) is 0 Å². The zero-order chi connectivity index (χ0) is 20.5. The van der Waals surface area contributed by atoms with Crippen molar-refractivity contribution in [2.45, 2.75) is 25.8 Å². The molecular weight excluding hydrogens is 390 g/mol. The molecule has 5 rings (SSSR count). The highest BCUT2D eigenvalue weighted by Crippen LogP contribution is 2.37. The SMILES string of the molecule is CC(C1CCCNC1)n1cc(-c2cncc(-c3ccccc3)c2)c2ccc(Cl)cc21. The number of nitrogens with zero attached hydrogens (tertiary/aromatic N) is 2. The molecule has 30 heavy (non-hydrogen) atoms. The summed E-state index contributed by atoms with van der Waals surface area (Å²) in [5.41, 5.74) is 5.85. The average molecular weight is 416 g/mol. The van der Waals surface area contributed by atoms with E-state index in [1.54, 1.807) is 0 Å². The molecule has 1 N–H and O–H groups in total. The maximum atomic E-state index is 6.40. The highest BCUT2D eigenvalue weighted by molar-refractivity contribution is 6.31. The van der Waals surface area contributed by atoms with Crippen molar-refractivity contribution >= 4 is 22.5 Å². The third-order valence-corrected chi connectivity index (χ3v) is 6.64. The first-order valence-electron chi connectivity index (χ1n) is 10.7. The van der Waals surface area contributed by atoms with Crippen molar-refractivity contribution in [3.05, 3.63) is 78.2 Å². The van der Waals surface area contributed by atoms with Gasteiger partial charge in [-0.3, -0.25) is 4.98 Å². The van der Waals surface area contributed by atoms with Gasteiger partial charge in [-0.2, -0.15) is 0 Å². The highest BCUT2D eigenvalue weighted by Gasteiger charge is 2.23. The maximum Gasteiger partial charge on any atom is 0.0504 e. The molecule has 4 heteroatoms. The number of piperidine rings is 1. The molecule has 3 nitrogen and oxygen atoms in total. The molecule has 1 saturated heterocycles. The van der Waals surface area contributed by atoms with Gasteiger partial charge in [0.15, 0.2) is 0 Å². The molecule has 4 aromatic rings. The van der Waals surface area contributed by atoms with E-state index < -0.39 is 0 Å². The molecule has 2 aromatic carbocycles. The Morgan fingerprint density at radius 3 is 2.67 bits per heavy atom. The van der Waals surface area contributed by atoms with Gasteiger partial charge in [0.2, 0.25) is 0 Å². The van der Waals surface area contributed by atoms with E-state index in [4.69, 9.17) is 11.6 Å². The van der Waals surface area contributed by atoms with Crippen molar-refractivity contribution < 1.29 is 0 Å². The molecule has 3 heterocycles. The van der Waals surface area contributed by atoms with E-state index in [-0.39, 0.29) is 0 Å². The maximum absolute atomic E-state index is 6.40. The van der Waals surface area contributed by atoms with Crippen molar-refractivity contribution in [2.75, 3.05) is 13.1 Å². The molecule has 152 valence electrons. The number of pyridine rings is 1. The van der Waals surface area contributed by atoms with Crippen molar-refractivity contribution in [1.82, 2.24) is 14.9 Å². The largest absolute Gasteiger partial charge is 0.344 e. The normalized spacial score (nSPS) is 17.9. The van der Waals surface area contributed by atoms with Crippen molar-refractivity contribution in [3.63, 3.8) is 0 Å². The second kappa shape index (κ2) is 8.25. The summed E-state index contributed by atoms with van der Waals surface area (Å²) in [6.07, 6.45) is 8.70. The third-order valence-electron chi connectivity index (χ3n) is 6.41. The molecule has 1 aliphatic heterocycles. The molecule has 2 aromatic heterocycles. The monoisotopic (exact) mass is 415 g/mol. The van der Waals surface area contributed by atoms with Gasteiger partial charge in [-0.05, 0) is 62.5 Å². The Balaban J connectivity index is 1.62. The third kappa shape index (κ3) is 3.64. The van der Waals surface area contributed by atoms with Gasteiger partial charge in [0.1, 0.15) is 0 Å². The molecule has 2 atom stereocenters. The topological polar surface area (TPSA) is 29.9 Å². The van der Waals surface area contributed by atoms with Crippen LogP contribution >= 0.6 is 11.6 Å². The van der Waals surface area contributed by atoms with Crippen LogP contribution in [0.25, 0.3) is 33.2 Å². The van der Waals surface area contributed by atoms with Crippen molar-refractivity contribution in [1.29, 1.82) is 0 Å². The Morgan fingerprint density at radius 1 is 1.03 bits per heavy atom. The highest BCUT2D eigenvalue weighted by atomic mass is 35.5. The summed E-state index contributed by atoms with van der Waals surface area (Å²) >= 11 is 6.40. The van der Waals surface area contributed by atoms with Gasteiger partial charge < -0.3 is 9.88 Å². The minimum atomic E-state index is 0.401. The number of fused-ring (bicyclic) bond motifs is 1. The lowest BCUT2D eigenvalue weighted by Gasteiger charge is -2.30. The number of aromatic nitrogens is 2. The minimum absolute atomic E-state index is 0.401. The van der Waals surface area contributed by atoms with Gasteiger partial charge in [-0.1, -0.05) is 48.0 Å². The van der Waals surface area contributed by atoms with Gasteiger partial charge >= 0.3 is 0 Å². The van der Waals surface area contributed by atoms with Crippen LogP contribution < -0.4 is 5.32 Å². The molecule has 0 aliphatic carbocycles. The zero-order valence-electron chi connectivity index (χ0n) is 17.2. The zero-order valence-corrected chi connectivity index (χ0v) is 17.9. The van der Waals surface area contributed by atoms with E-state index in [2.05, 4.69) is 70.5 Å². The van der Waals surface area contributed by atoms with E-state index in [0.29, 0.717) is 12.0 Å². The number of rotatable bonds is 4. The van der Waals surface area contributed by atoms with Gasteiger partial charge in [-0.15, -0.1) is 0 Å². The summed E-state index contributed by atoms with van der Waals surface area (Å²) in [4.78, 5) is 4.56. The van der Waals surface area contributed by atoms with Crippen LogP contribution in [-0.2, 0) is 0 Å². The summed E-state index contributed by atoms with van der Waals surface area (Å²) in [7, 11) is 0. The van der Waals surface area contributed by atoms with Crippen LogP contribution in [0.1, 0.15) is 25.8 Å². The Kier molecular flexibility index (Phi) is 5.32. The summed E-state index contributed by atoms with van der Waals surface area (Å²) < 4.78 is 2.42. The van der Waals surface area contributed by atoms with E-state index >= 15 is 0 Å². The fourth-order valence-corrected chi connectivity index (χ4v) is 4.85. The van der Waals surface area contributed by atoms with Crippen molar-refractivity contribution in [2.24, 2.45) is 5.92 Å². The van der Waals surface area contributed by atoms with Gasteiger partial charge in [0.05, 0.1) is 5.52 Å². The Hall–Kier alpha value is -2.62. The number of hydrogen-bond donors (Lipinski definition) is 1. The first-order chi connectivity index (χ1) is 14.7. The van der Waals surface area contributed by atoms with Crippen LogP contribution in [0.3, 0.4) is 0 Å². The van der Waals surface area contributed by atoms with Crippen LogP contribution in [0, 0.1) is 5.92 Å². The summed E-state index contributed by atoms with van der Waals surface area (Å²) in [5.74, 6) is 0.620. The van der Waals surface area contributed by atoms with Crippen LogP contribution in [0.15, 0.2) is 73.2 Å². The van der Waals surface area contributed by atoms with Crippen LogP contribution in [-0.4, -0.2) is 22.6 Å². The molecular formula is C26H26ClN3. The quantitative estimate of drug-likeness (QED) is 0.407. The molecule has 0 amide bonds. The summed E-state index contributed by atoms with van der Waals surface area (Å²) in [6.45, 7) is 4.53. The van der Waals surface area contributed by atoms with E-state index in [1.807, 2.05) is 24.5 Å². The van der Waals surface area contributed by atoms with Crippen LogP contribution in [0.5, 0.6) is 0 Å². The van der Waals surface area contributed by atoms with Gasteiger partial charge in [0.25, 0.3) is 0 Å². The number of halogens is 1. The Labute approximate surface area is 182 Å². The van der Waals surface area contributed by atoms with Crippen molar-refractivity contribution in [3.8, 4) is 22.3 Å². The molecule has 0 saturated carbocycles. The number of benzene rings is 2. The lowest BCUT2D eigenvalue weighted by atomic mass is 9.92. The fourth-order valence-electron chi connectivity index (χ4n) is 4.68.